The Labute approximate surface area is 70.3 Å². The second-order valence-corrected chi connectivity index (χ2v) is 4.77. The molecule has 2 unspecified atom stereocenters. The van der Waals surface area contributed by atoms with E-state index in [4.69, 9.17) is 4.74 Å². The van der Waals surface area contributed by atoms with Crippen LogP contribution in [-0.2, 0) is 4.74 Å². The molecule has 0 amide bonds. The lowest BCUT2D eigenvalue weighted by Crippen LogP contribution is -2.26. The highest BCUT2D eigenvalue weighted by Gasteiger charge is 2.17. The first-order valence-corrected chi connectivity index (χ1v) is 4.79. The lowest BCUT2D eigenvalue weighted by molar-refractivity contribution is -0.0550. The van der Waals surface area contributed by atoms with Gasteiger partial charge < -0.3 is 4.74 Å². The van der Waals surface area contributed by atoms with Crippen molar-refractivity contribution < 1.29 is 4.74 Å². The van der Waals surface area contributed by atoms with Crippen LogP contribution in [0.15, 0.2) is 0 Å². The van der Waals surface area contributed by atoms with Crippen molar-refractivity contribution in [2.75, 3.05) is 6.61 Å². The van der Waals surface area contributed by atoms with Gasteiger partial charge in [0.05, 0.1) is 6.10 Å². The summed E-state index contributed by atoms with van der Waals surface area (Å²) in [6.07, 6.45) is 4.49. The third-order valence-corrected chi connectivity index (χ3v) is 2.30. The zero-order valence-corrected chi connectivity index (χ0v) is 7.93. The Kier molecular flexibility index (Phi) is 3.26. The van der Waals surface area contributed by atoms with Crippen LogP contribution in [0.4, 0.5) is 0 Å². The minimum absolute atomic E-state index is 0.613. The van der Waals surface area contributed by atoms with Gasteiger partial charge >= 0.3 is 0 Å². The molecule has 0 aromatic rings. The molecule has 0 N–H and O–H groups in total. The van der Waals surface area contributed by atoms with E-state index in [1.54, 1.807) is 0 Å². The van der Waals surface area contributed by atoms with Gasteiger partial charge in [-0.2, -0.15) is 0 Å². The second kappa shape index (κ2) is 3.76. The van der Waals surface area contributed by atoms with Crippen molar-refractivity contribution in [3.8, 4) is 0 Å². The third-order valence-electron chi connectivity index (χ3n) is 1.68. The Morgan fingerprint density at radius 1 is 1.78 bits per heavy atom. The number of halogens is 1. The molecule has 0 aliphatic carbocycles. The van der Waals surface area contributed by atoms with Crippen molar-refractivity contribution in [1.82, 2.24) is 0 Å². The number of rotatable bonds is 3. The highest BCUT2D eigenvalue weighted by atomic mass is 127. The lowest BCUT2D eigenvalue weighted by Gasteiger charge is -2.26. The van der Waals surface area contributed by atoms with E-state index in [9.17, 15) is 0 Å². The smallest absolute Gasteiger partial charge is 0.0597 e. The SMILES string of the molecule is CC(I)CCC1CCO1. The van der Waals surface area contributed by atoms with Crippen molar-refractivity contribution in [3.63, 3.8) is 0 Å². The van der Waals surface area contributed by atoms with Crippen molar-refractivity contribution in [3.05, 3.63) is 0 Å². The highest BCUT2D eigenvalue weighted by Crippen LogP contribution is 2.19. The molecule has 0 bridgehead atoms. The van der Waals surface area contributed by atoms with Crippen LogP contribution in [0.25, 0.3) is 0 Å². The molecule has 2 atom stereocenters. The van der Waals surface area contributed by atoms with Gasteiger partial charge in [-0.1, -0.05) is 29.5 Å². The summed E-state index contributed by atoms with van der Waals surface area (Å²) in [5.41, 5.74) is 0. The Morgan fingerprint density at radius 3 is 2.78 bits per heavy atom. The van der Waals surface area contributed by atoms with Gasteiger partial charge in [-0.05, 0) is 19.3 Å². The number of hydrogen-bond acceptors (Lipinski definition) is 1. The molecule has 0 spiro atoms. The standard InChI is InChI=1S/C7H13IO/c1-6(8)2-3-7-4-5-9-7/h6-7H,2-5H2,1H3. The topological polar surface area (TPSA) is 9.23 Å². The maximum absolute atomic E-state index is 5.28. The molecule has 1 fully saturated rings. The van der Waals surface area contributed by atoms with Gasteiger partial charge in [0.15, 0.2) is 0 Å². The molecule has 0 saturated carbocycles. The predicted molar refractivity (Wildman–Crippen MR) is 47.1 cm³/mol. The van der Waals surface area contributed by atoms with E-state index in [2.05, 4.69) is 29.5 Å². The molecule has 0 radical (unpaired) electrons. The first-order valence-electron chi connectivity index (χ1n) is 3.54. The van der Waals surface area contributed by atoms with Crippen LogP contribution in [0, 0.1) is 0 Å². The average molecular weight is 240 g/mol. The normalized spacial score (nSPS) is 29.3. The molecular formula is C7H13IO. The minimum Gasteiger partial charge on any atom is -0.378 e. The van der Waals surface area contributed by atoms with Gasteiger partial charge in [0.1, 0.15) is 0 Å². The summed E-state index contributed by atoms with van der Waals surface area (Å²) in [4.78, 5) is 0. The van der Waals surface area contributed by atoms with Gasteiger partial charge in [0, 0.05) is 10.5 Å². The Bertz CT molecular complexity index is 79.0. The Balaban J connectivity index is 1.91. The number of alkyl halides is 1. The largest absolute Gasteiger partial charge is 0.378 e. The van der Waals surface area contributed by atoms with E-state index < -0.39 is 0 Å². The Hall–Kier alpha value is 0.690. The quantitative estimate of drug-likeness (QED) is 0.543. The van der Waals surface area contributed by atoms with Crippen molar-refractivity contribution in [2.45, 2.75) is 36.2 Å². The monoisotopic (exact) mass is 240 g/mol. The molecule has 1 aliphatic rings. The van der Waals surface area contributed by atoms with E-state index >= 15 is 0 Å². The first kappa shape index (κ1) is 7.79. The number of ether oxygens (including phenoxy) is 1. The van der Waals surface area contributed by atoms with E-state index in [0.717, 1.165) is 10.5 Å². The molecule has 1 aliphatic heterocycles. The van der Waals surface area contributed by atoms with Crippen LogP contribution in [0.2, 0.25) is 0 Å². The first-order chi connectivity index (χ1) is 4.29. The fraction of sp³-hybridized carbons (Fsp3) is 1.00. The van der Waals surface area contributed by atoms with Gasteiger partial charge in [-0.15, -0.1) is 0 Å². The van der Waals surface area contributed by atoms with Crippen molar-refractivity contribution in [2.24, 2.45) is 0 Å². The summed E-state index contributed by atoms with van der Waals surface area (Å²) < 4.78 is 6.09. The molecule has 54 valence electrons. The van der Waals surface area contributed by atoms with Crippen molar-refractivity contribution >= 4 is 22.6 Å². The van der Waals surface area contributed by atoms with E-state index in [0.29, 0.717) is 6.10 Å². The van der Waals surface area contributed by atoms with Crippen LogP contribution < -0.4 is 0 Å². The van der Waals surface area contributed by atoms with Gasteiger partial charge in [-0.25, -0.2) is 0 Å². The Morgan fingerprint density at radius 2 is 2.44 bits per heavy atom. The van der Waals surface area contributed by atoms with Crippen LogP contribution in [-0.4, -0.2) is 16.6 Å². The summed E-state index contributed by atoms with van der Waals surface area (Å²) in [6, 6.07) is 0. The van der Waals surface area contributed by atoms with Crippen LogP contribution in [0.5, 0.6) is 0 Å². The van der Waals surface area contributed by atoms with E-state index in [1.807, 2.05) is 0 Å². The molecule has 1 nitrogen and oxygen atoms in total. The maximum atomic E-state index is 5.28. The van der Waals surface area contributed by atoms with Crippen LogP contribution >= 0.6 is 22.6 Å². The molecule has 1 heterocycles. The summed E-state index contributed by atoms with van der Waals surface area (Å²) in [5.74, 6) is 0. The molecule has 0 aromatic carbocycles. The van der Waals surface area contributed by atoms with Crippen LogP contribution in [0.3, 0.4) is 0 Å². The third kappa shape index (κ3) is 2.85. The van der Waals surface area contributed by atoms with Crippen LogP contribution in [0.1, 0.15) is 26.2 Å². The average Bonchev–Trinajstić information content (AvgIpc) is 1.60. The van der Waals surface area contributed by atoms with Gasteiger partial charge in [-0.3, -0.25) is 0 Å². The zero-order chi connectivity index (χ0) is 6.69. The minimum atomic E-state index is 0.613. The van der Waals surface area contributed by atoms with E-state index in [1.165, 1.54) is 19.3 Å². The summed E-state index contributed by atoms with van der Waals surface area (Å²) in [6.45, 7) is 3.25. The second-order valence-electron chi connectivity index (χ2n) is 2.64. The van der Waals surface area contributed by atoms with Crippen molar-refractivity contribution in [1.29, 1.82) is 0 Å². The van der Waals surface area contributed by atoms with Gasteiger partial charge in [0.2, 0.25) is 0 Å². The fourth-order valence-corrected chi connectivity index (χ4v) is 1.29. The summed E-state index contributed by atoms with van der Waals surface area (Å²) in [7, 11) is 0. The lowest BCUT2D eigenvalue weighted by atomic mass is 10.1. The number of hydrogen-bond donors (Lipinski definition) is 0. The zero-order valence-electron chi connectivity index (χ0n) is 5.77. The highest BCUT2D eigenvalue weighted by molar-refractivity contribution is 14.1. The maximum Gasteiger partial charge on any atom is 0.0597 e. The molecule has 9 heavy (non-hydrogen) atoms. The molecule has 1 saturated heterocycles. The van der Waals surface area contributed by atoms with Gasteiger partial charge in [0.25, 0.3) is 0 Å². The molecular weight excluding hydrogens is 227 g/mol. The molecule has 0 aromatic heterocycles. The van der Waals surface area contributed by atoms with E-state index in [-0.39, 0.29) is 0 Å². The summed E-state index contributed by atoms with van der Waals surface area (Å²) in [5, 5.41) is 0. The molecule has 2 heteroatoms. The predicted octanol–water partition coefficient (Wildman–Crippen LogP) is 2.38. The summed E-state index contributed by atoms with van der Waals surface area (Å²) >= 11 is 2.46. The fourth-order valence-electron chi connectivity index (χ4n) is 0.928. The molecule has 1 rings (SSSR count).